The Labute approximate surface area is 182 Å². The molecule has 1 aliphatic rings. The molecule has 1 heterocycles. The molecule has 2 aromatic carbocycles. The van der Waals surface area contributed by atoms with Gasteiger partial charge in [-0.05, 0) is 61.8 Å². The van der Waals surface area contributed by atoms with E-state index < -0.39 is 16.0 Å². The highest BCUT2D eigenvalue weighted by molar-refractivity contribution is 7.89. The lowest BCUT2D eigenvalue weighted by Crippen LogP contribution is -2.36. The van der Waals surface area contributed by atoms with E-state index >= 15 is 0 Å². The van der Waals surface area contributed by atoms with Gasteiger partial charge < -0.3 is 9.47 Å². The maximum absolute atomic E-state index is 12.9. The van der Waals surface area contributed by atoms with Crippen LogP contribution in [0.2, 0.25) is 5.02 Å². The first-order chi connectivity index (χ1) is 14.4. The van der Waals surface area contributed by atoms with Crippen LogP contribution in [0.4, 0.5) is 0 Å². The number of methoxy groups -OCH3 is 2. The number of rotatable bonds is 8. The monoisotopic (exact) mass is 452 g/mol. The Kier molecular flexibility index (Phi) is 7.36. The van der Waals surface area contributed by atoms with Crippen molar-refractivity contribution >= 4 is 27.6 Å². The molecule has 1 atom stereocenters. The minimum absolute atomic E-state index is 0.0375. The highest BCUT2D eigenvalue weighted by Crippen LogP contribution is 2.28. The van der Waals surface area contributed by atoms with Gasteiger partial charge in [0, 0.05) is 12.6 Å². The molecule has 30 heavy (non-hydrogen) atoms. The van der Waals surface area contributed by atoms with E-state index in [-0.39, 0.29) is 28.1 Å². The molecular formula is C21H25ClN2O5S. The molecule has 7 nitrogen and oxygen atoms in total. The van der Waals surface area contributed by atoms with Crippen molar-refractivity contribution in [2.45, 2.75) is 23.8 Å². The van der Waals surface area contributed by atoms with E-state index in [9.17, 15) is 13.2 Å². The largest absolute Gasteiger partial charge is 0.497 e. The van der Waals surface area contributed by atoms with Gasteiger partial charge in [0.05, 0.1) is 24.8 Å². The van der Waals surface area contributed by atoms with Crippen molar-refractivity contribution in [3.05, 3.63) is 58.6 Å². The number of halogens is 1. The number of likely N-dealkylation sites (tertiary alicyclic amines) is 1. The topological polar surface area (TPSA) is 84.9 Å². The lowest BCUT2D eigenvalue weighted by Gasteiger charge is -2.28. The number of benzene rings is 2. The van der Waals surface area contributed by atoms with Gasteiger partial charge in [-0.3, -0.25) is 4.90 Å². The van der Waals surface area contributed by atoms with Gasteiger partial charge in [-0.15, -0.1) is 0 Å². The second-order valence-corrected chi connectivity index (χ2v) is 9.17. The number of sulfonamides is 1. The van der Waals surface area contributed by atoms with Crippen LogP contribution in [0.15, 0.2) is 47.4 Å². The first kappa shape index (κ1) is 22.6. The molecular weight excluding hydrogens is 428 g/mol. The third kappa shape index (κ3) is 5.13. The Hall–Kier alpha value is -2.13. The summed E-state index contributed by atoms with van der Waals surface area (Å²) in [5.41, 5.74) is 1.17. The number of carbonyl (C=O) groups is 1. The van der Waals surface area contributed by atoms with Crippen LogP contribution in [0.5, 0.6) is 5.75 Å². The third-order valence-corrected chi connectivity index (χ3v) is 7.08. The van der Waals surface area contributed by atoms with Gasteiger partial charge >= 0.3 is 5.97 Å². The summed E-state index contributed by atoms with van der Waals surface area (Å²) < 4.78 is 38.5. The van der Waals surface area contributed by atoms with Gasteiger partial charge in [0.25, 0.3) is 0 Å². The first-order valence-corrected chi connectivity index (χ1v) is 11.5. The van der Waals surface area contributed by atoms with Crippen molar-refractivity contribution < 1.29 is 22.7 Å². The van der Waals surface area contributed by atoms with Gasteiger partial charge in [-0.25, -0.2) is 17.9 Å². The van der Waals surface area contributed by atoms with E-state index in [1.165, 1.54) is 25.3 Å². The van der Waals surface area contributed by atoms with Crippen molar-refractivity contribution in [2.24, 2.45) is 0 Å². The average Bonchev–Trinajstić information content (AvgIpc) is 3.27. The number of ether oxygens (including phenoxy) is 2. The normalized spacial score (nSPS) is 15.7. The smallest absolute Gasteiger partial charge is 0.337 e. The second-order valence-electron chi connectivity index (χ2n) is 7.02. The molecule has 0 aliphatic carbocycles. The number of carbonyl (C=O) groups excluding carboxylic acids is 1. The van der Waals surface area contributed by atoms with Gasteiger partial charge in [0.1, 0.15) is 10.6 Å². The number of esters is 1. The maximum atomic E-state index is 12.9. The van der Waals surface area contributed by atoms with Crippen molar-refractivity contribution in [1.82, 2.24) is 9.62 Å². The summed E-state index contributed by atoms with van der Waals surface area (Å²) in [7, 11) is -1.03. The minimum Gasteiger partial charge on any atom is -0.497 e. The fraction of sp³-hybridized carbons (Fsp3) is 0.381. The van der Waals surface area contributed by atoms with Crippen LogP contribution in [-0.2, 0) is 14.8 Å². The highest BCUT2D eigenvalue weighted by atomic mass is 35.5. The molecule has 162 valence electrons. The van der Waals surface area contributed by atoms with Crippen LogP contribution in [0.25, 0.3) is 0 Å². The summed E-state index contributed by atoms with van der Waals surface area (Å²) >= 11 is 6.16. The maximum Gasteiger partial charge on any atom is 0.337 e. The van der Waals surface area contributed by atoms with Crippen LogP contribution in [0.1, 0.15) is 34.8 Å². The van der Waals surface area contributed by atoms with Crippen molar-refractivity contribution in [3.63, 3.8) is 0 Å². The molecule has 9 heteroatoms. The lowest BCUT2D eigenvalue weighted by molar-refractivity contribution is 0.0600. The third-order valence-electron chi connectivity index (χ3n) is 5.17. The SMILES string of the molecule is COC(=O)c1ccc(S(=O)(=O)NCC(c2cccc(OC)c2)N2CCCC2)c(Cl)c1. The molecule has 0 radical (unpaired) electrons. The number of nitrogens with one attached hydrogen (secondary N) is 1. The van der Waals surface area contributed by atoms with Gasteiger partial charge in [-0.2, -0.15) is 0 Å². The van der Waals surface area contributed by atoms with Crippen molar-refractivity contribution in [3.8, 4) is 5.75 Å². The van der Waals surface area contributed by atoms with Crippen LogP contribution in [0.3, 0.4) is 0 Å². The summed E-state index contributed by atoms with van der Waals surface area (Å²) in [6.07, 6.45) is 2.15. The van der Waals surface area contributed by atoms with Crippen molar-refractivity contribution in [2.75, 3.05) is 33.9 Å². The molecule has 0 aromatic heterocycles. The zero-order valence-electron chi connectivity index (χ0n) is 16.9. The molecule has 1 N–H and O–H groups in total. The van der Waals surface area contributed by atoms with Crippen LogP contribution in [0, 0.1) is 0 Å². The highest BCUT2D eigenvalue weighted by Gasteiger charge is 2.27. The van der Waals surface area contributed by atoms with Crippen LogP contribution >= 0.6 is 11.6 Å². The Morgan fingerprint density at radius 2 is 1.90 bits per heavy atom. The van der Waals surface area contributed by atoms with E-state index in [1.807, 2.05) is 24.3 Å². The quantitative estimate of drug-likeness (QED) is 0.619. The molecule has 3 rings (SSSR count). The summed E-state index contributed by atoms with van der Waals surface area (Å²) in [5, 5.41) is -0.0375. The lowest BCUT2D eigenvalue weighted by atomic mass is 10.1. The van der Waals surface area contributed by atoms with Crippen LogP contribution < -0.4 is 9.46 Å². The molecule has 0 saturated carbocycles. The minimum atomic E-state index is -3.88. The molecule has 1 fully saturated rings. The summed E-state index contributed by atoms with van der Waals surface area (Å²) in [5.74, 6) is 0.141. The molecule has 1 aliphatic heterocycles. The van der Waals surface area contributed by atoms with Gasteiger partial charge in [0.2, 0.25) is 10.0 Å². The number of hydrogen-bond donors (Lipinski definition) is 1. The summed E-state index contributed by atoms with van der Waals surface area (Å²) in [6, 6.07) is 11.5. The van der Waals surface area contributed by atoms with E-state index in [4.69, 9.17) is 16.3 Å². The molecule has 0 spiro atoms. The number of nitrogens with zero attached hydrogens (tertiary/aromatic N) is 1. The van der Waals surface area contributed by atoms with Gasteiger partial charge in [0.15, 0.2) is 0 Å². The Bertz CT molecular complexity index is 1010. The Morgan fingerprint density at radius 3 is 2.53 bits per heavy atom. The predicted octanol–water partition coefficient (Wildman–Crippen LogP) is 3.25. The molecule has 1 unspecified atom stereocenters. The molecule has 2 aromatic rings. The van der Waals surface area contributed by atoms with Crippen LogP contribution in [-0.4, -0.2) is 53.1 Å². The standard InChI is InChI=1S/C21H25ClN2O5S/c1-28-17-7-5-6-15(12-17)19(24-10-3-4-11-24)14-23-30(26,27)20-9-8-16(13-18(20)22)21(25)29-2/h5-9,12-13,19,23H,3-4,10-11,14H2,1-2H3. The summed E-state index contributed by atoms with van der Waals surface area (Å²) in [6.45, 7) is 1.99. The second kappa shape index (κ2) is 9.78. The average molecular weight is 453 g/mol. The molecule has 0 amide bonds. The van der Waals surface area contributed by atoms with E-state index in [1.54, 1.807) is 7.11 Å². The Morgan fingerprint density at radius 1 is 1.17 bits per heavy atom. The molecule has 1 saturated heterocycles. The van der Waals surface area contributed by atoms with E-state index in [0.717, 1.165) is 37.2 Å². The van der Waals surface area contributed by atoms with Crippen molar-refractivity contribution in [1.29, 1.82) is 0 Å². The zero-order valence-corrected chi connectivity index (χ0v) is 18.5. The zero-order chi connectivity index (χ0) is 21.7. The molecule has 0 bridgehead atoms. The van der Waals surface area contributed by atoms with E-state index in [0.29, 0.717) is 0 Å². The summed E-state index contributed by atoms with van der Waals surface area (Å²) in [4.78, 5) is 13.8. The van der Waals surface area contributed by atoms with E-state index in [2.05, 4.69) is 14.4 Å². The first-order valence-electron chi connectivity index (χ1n) is 9.61. The van der Waals surface area contributed by atoms with Gasteiger partial charge in [-0.1, -0.05) is 23.7 Å². The predicted molar refractivity (Wildman–Crippen MR) is 115 cm³/mol. The fourth-order valence-electron chi connectivity index (χ4n) is 3.59. The number of hydrogen-bond acceptors (Lipinski definition) is 6. The Balaban J connectivity index is 1.82. The fourth-order valence-corrected chi connectivity index (χ4v) is 5.17.